The molecule has 0 N–H and O–H groups in total. The fraction of sp³-hybridized carbons (Fsp3) is 0.278. The van der Waals surface area contributed by atoms with E-state index in [1.165, 1.54) is 18.2 Å². The Labute approximate surface area is 159 Å². The van der Waals surface area contributed by atoms with Crippen molar-refractivity contribution in [1.82, 2.24) is 19.5 Å². The number of amides is 1. The molecule has 9 heteroatoms. The molecule has 1 amide bonds. The van der Waals surface area contributed by atoms with Gasteiger partial charge in [-0.15, -0.1) is 10.2 Å². The van der Waals surface area contributed by atoms with Crippen molar-refractivity contribution in [2.45, 2.75) is 18.8 Å². The van der Waals surface area contributed by atoms with Gasteiger partial charge in [0.2, 0.25) is 0 Å². The number of benzene rings is 1. The number of nitro benzene ring substituents is 1. The van der Waals surface area contributed by atoms with E-state index in [1.54, 1.807) is 4.90 Å². The maximum Gasteiger partial charge on any atom is 0.270 e. The number of likely N-dealkylation sites (tertiary alicyclic amines) is 1. The van der Waals surface area contributed by atoms with Crippen molar-refractivity contribution >= 4 is 28.8 Å². The molecule has 1 aromatic carbocycles. The highest BCUT2D eigenvalue weighted by Gasteiger charge is 2.28. The fourth-order valence-electron chi connectivity index (χ4n) is 3.44. The average Bonchev–Trinajstić information content (AvgIpc) is 3.12. The van der Waals surface area contributed by atoms with Crippen LogP contribution in [-0.2, 0) is 0 Å². The van der Waals surface area contributed by atoms with Crippen molar-refractivity contribution in [2.75, 3.05) is 13.1 Å². The van der Waals surface area contributed by atoms with Gasteiger partial charge in [-0.2, -0.15) is 0 Å². The number of rotatable bonds is 3. The summed E-state index contributed by atoms with van der Waals surface area (Å²) in [4.78, 5) is 24.9. The van der Waals surface area contributed by atoms with Gasteiger partial charge in [0.15, 0.2) is 5.65 Å². The maximum absolute atomic E-state index is 12.8. The van der Waals surface area contributed by atoms with E-state index < -0.39 is 4.92 Å². The lowest BCUT2D eigenvalue weighted by Gasteiger charge is -2.31. The van der Waals surface area contributed by atoms with E-state index >= 15 is 0 Å². The Morgan fingerprint density at radius 3 is 2.70 bits per heavy atom. The van der Waals surface area contributed by atoms with E-state index in [9.17, 15) is 14.9 Å². The predicted octanol–water partition coefficient (Wildman–Crippen LogP) is 3.31. The Morgan fingerprint density at radius 1 is 1.19 bits per heavy atom. The molecule has 2 aromatic heterocycles. The van der Waals surface area contributed by atoms with E-state index in [0.29, 0.717) is 13.1 Å². The third kappa shape index (κ3) is 3.23. The summed E-state index contributed by atoms with van der Waals surface area (Å²) in [6.07, 6.45) is 3.42. The van der Waals surface area contributed by atoms with Crippen LogP contribution >= 0.6 is 11.6 Å². The lowest BCUT2D eigenvalue weighted by molar-refractivity contribution is -0.384. The first-order valence-electron chi connectivity index (χ1n) is 8.57. The molecule has 3 heterocycles. The number of hydrogen-bond donors (Lipinski definition) is 0. The normalized spacial score (nSPS) is 15.2. The van der Waals surface area contributed by atoms with Crippen molar-refractivity contribution in [1.29, 1.82) is 0 Å². The molecule has 4 rings (SSSR count). The lowest BCUT2D eigenvalue weighted by Crippen LogP contribution is -2.38. The molecule has 8 nitrogen and oxygen atoms in total. The molecular weight excluding hydrogens is 370 g/mol. The summed E-state index contributed by atoms with van der Waals surface area (Å²) in [5, 5.41) is 19.7. The number of fused-ring (bicyclic) bond motifs is 1. The van der Waals surface area contributed by atoms with Gasteiger partial charge in [-0.3, -0.25) is 19.3 Å². The highest BCUT2D eigenvalue weighted by Crippen LogP contribution is 2.29. The van der Waals surface area contributed by atoms with Gasteiger partial charge < -0.3 is 4.90 Å². The SMILES string of the molecule is O=C(c1cc([N+](=O)[O-])ccc1Cl)N1CCC(c2nnc3ccccn23)CC1. The van der Waals surface area contributed by atoms with Crippen LogP contribution in [0.3, 0.4) is 0 Å². The van der Waals surface area contributed by atoms with Gasteiger partial charge in [0.25, 0.3) is 11.6 Å². The second-order valence-corrected chi connectivity index (χ2v) is 6.88. The Balaban J connectivity index is 1.50. The molecule has 3 aromatic rings. The number of aromatic nitrogens is 3. The van der Waals surface area contributed by atoms with Gasteiger partial charge in [0.1, 0.15) is 5.82 Å². The summed E-state index contributed by atoms with van der Waals surface area (Å²) in [7, 11) is 0. The van der Waals surface area contributed by atoms with E-state index in [0.717, 1.165) is 24.3 Å². The average molecular weight is 386 g/mol. The van der Waals surface area contributed by atoms with Crippen molar-refractivity contribution in [2.24, 2.45) is 0 Å². The molecule has 0 aliphatic carbocycles. The molecule has 0 saturated carbocycles. The summed E-state index contributed by atoms with van der Waals surface area (Å²) >= 11 is 6.10. The van der Waals surface area contributed by atoms with Crippen LogP contribution in [0.4, 0.5) is 5.69 Å². The zero-order valence-corrected chi connectivity index (χ0v) is 15.0. The van der Waals surface area contributed by atoms with Crippen molar-refractivity contribution < 1.29 is 9.72 Å². The van der Waals surface area contributed by atoms with Crippen molar-refractivity contribution in [3.63, 3.8) is 0 Å². The number of carbonyl (C=O) groups is 1. The molecule has 1 saturated heterocycles. The lowest BCUT2D eigenvalue weighted by atomic mass is 9.95. The summed E-state index contributed by atoms with van der Waals surface area (Å²) < 4.78 is 1.97. The third-order valence-corrected chi connectivity index (χ3v) is 5.21. The van der Waals surface area contributed by atoms with Crippen LogP contribution in [0.2, 0.25) is 5.02 Å². The summed E-state index contributed by atoms with van der Waals surface area (Å²) in [5.74, 6) is 0.811. The topological polar surface area (TPSA) is 93.6 Å². The number of nitrogens with zero attached hydrogens (tertiary/aromatic N) is 5. The largest absolute Gasteiger partial charge is 0.339 e. The van der Waals surface area contributed by atoms with Gasteiger partial charge in [-0.1, -0.05) is 17.7 Å². The molecule has 0 unspecified atom stereocenters. The van der Waals surface area contributed by atoms with Crippen LogP contribution in [-0.4, -0.2) is 43.4 Å². The minimum Gasteiger partial charge on any atom is -0.339 e. The Bertz CT molecular complexity index is 1030. The smallest absolute Gasteiger partial charge is 0.270 e. The molecule has 27 heavy (non-hydrogen) atoms. The van der Waals surface area contributed by atoms with Gasteiger partial charge in [0.05, 0.1) is 15.5 Å². The highest BCUT2D eigenvalue weighted by molar-refractivity contribution is 6.33. The van der Waals surface area contributed by atoms with Crippen molar-refractivity contribution in [3.05, 3.63) is 69.1 Å². The zero-order chi connectivity index (χ0) is 19.0. The Kier molecular flexibility index (Phi) is 4.49. The monoisotopic (exact) mass is 385 g/mol. The number of piperidine rings is 1. The molecule has 0 atom stereocenters. The van der Waals surface area contributed by atoms with Gasteiger partial charge in [0, 0.05) is 37.3 Å². The van der Waals surface area contributed by atoms with E-state index in [2.05, 4.69) is 10.2 Å². The number of halogens is 1. The molecular formula is C18H16ClN5O3. The number of non-ortho nitro benzene ring substituents is 1. The molecule has 0 bridgehead atoms. The van der Waals surface area contributed by atoms with Crippen LogP contribution in [0.15, 0.2) is 42.6 Å². The Hall–Kier alpha value is -3.00. The standard InChI is InChI=1S/C18H16ClN5O3/c19-15-5-4-13(24(26)27)11-14(15)18(25)22-9-6-12(7-10-22)17-21-20-16-3-1-2-8-23(16)17/h1-5,8,11-12H,6-7,9-10H2. The van der Waals surface area contributed by atoms with Gasteiger partial charge >= 0.3 is 0 Å². The molecule has 1 aliphatic heterocycles. The van der Waals surface area contributed by atoms with Crippen LogP contribution < -0.4 is 0 Å². The summed E-state index contributed by atoms with van der Waals surface area (Å²) in [6, 6.07) is 9.67. The number of pyridine rings is 1. The van der Waals surface area contributed by atoms with E-state index in [4.69, 9.17) is 11.6 Å². The molecule has 1 aliphatic rings. The highest BCUT2D eigenvalue weighted by atomic mass is 35.5. The number of carbonyl (C=O) groups excluding carboxylic acids is 1. The minimum absolute atomic E-state index is 0.146. The third-order valence-electron chi connectivity index (χ3n) is 4.88. The molecule has 0 spiro atoms. The number of nitro groups is 1. The first-order chi connectivity index (χ1) is 13.0. The molecule has 1 fully saturated rings. The zero-order valence-electron chi connectivity index (χ0n) is 14.3. The van der Waals surface area contributed by atoms with Gasteiger partial charge in [-0.05, 0) is 31.0 Å². The van der Waals surface area contributed by atoms with Crippen LogP contribution in [0.1, 0.15) is 34.9 Å². The molecule has 138 valence electrons. The van der Waals surface area contributed by atoms with Crippen LogP contribution in [0, 0.1) is 10.1 Å². The van der Waals surface area contributed by atoms with Crippen LogP contribution in [0.25, 0.3) is 5.65 Å². The Morgan fingerprint density at radius 2 is 1.96 bits per heavy atom. The summed E-state index contributed by atoms with van der Waals surface area (Å²) in [5.41, 5.74) is 0.819. The fourth-order valence-corrected chi connectivity index (χ4v) is 3.64. The van der Waals surface area contributed by atoms with Crippen LogP contribution in [0.5, 0.6) is 0 Å². The maximum atomic E-state index is 12.8. The van der Waals surface area contributed by atoms with Gasteiger partial charge in [-0.25, -0.2) is 0 Å². The van der Waals surface area contributed by atoms with E-state index in [-0.39, 0.29) is 28.1 Å². The van der Waals surface area contributed by atoms with E-state index in [1.807, 2.05) is 28.8 Å². The second-order valence-electron chi connectivity index (χ2n) is 6.47. The molecule has 0 radical (unpaired) electrons. The first kappa shape index (κ1) is 17.4. The first-order valence-corrected chi connectivity index (χ1v) is 8.95. The second kappa shape index (κ2) is 6.96. The minimum atomic E-state index is -0.532. The quantitative estimate of drug-likeness (QED) is 0.509. The predicted molar refractivity (Wildman–Crippen MR) is 99.0 cm³/mol. The van der Waals surface area contributed by atoms with Crippen molar-refractivity contribution in [3.8, 4) is 0 Å². The summed E-state index contributed by atoms with van der Waals surface area (Å²) in [6.45, 7) is 1.06. The number of hydrogen-bond acceptors (Lipinski definition) is 5.